The third-order valence-electron chi connectivity index (χ3n) is 6.27. The number of ether oxygens (including phenoxy) is 1. The van der Waals surface area contributed by atoms with Crippen molar-refractivity contribution >= 4 is 5.91 Å². The normalized spacial score (nSPS) is 17.2. The van der Waals surface area contributed by atoms with E-state index < -0.39 is 0 Å². The molecule has 2 aromatic carbocycles. The summed E-state index contributed by atoms with van der Waals surface area (Å²) in [7, 11) is 1.71. The number of hydrogen-bond donors (Lipinski definition) is 0. The van der Waals surface area contributed by atoms with Gasteiger partial charge in [0.1, 0.15) is 5.75 Å². The van der Waals surface area contributed by atoms with Gasteiger partial charge in [0.2, 0.25) is 5.91 Å². The first-order chi connectivity index (χ1) is 15.7. The minimum absolute atomic E-state index is 0.0878. The molecule has 5 nitrogen and oxygen atoms in total. The quantitative estimate of drug-likeness (QED) is 0.562. The molecule has 5 heteroatoms. The molecule has 1 aromatic heterocycles. The molecule has 1 atom stereocenters. The fourth-order valence-corrected chi connectivity index (χ4v) is 4.57. The lowest BCUT2D eigenvalue weighted by atomic mass is 9.91. The number of rotatable bonds is 7. The molecule has 166 valence electrons. The maximum Gasteiger partial charge on any atom is 0.227 e. The molecule has 0 spiro atoms. The number of pyridine rings is 1. The standard InChI is InChI=1S/C27H31N3O2/c1-3-30-17-16-29(19-23-9-5-7-11-26(23)32-2)20-24(27(30)31)18-22-8-4-6-10-25(22)21-12-14-28-15-13-21/h4-15,24H,3,16-20H2,1-2H3. The van der Waals surface area contributed by atoms with Gasteiger partial charge in [0, 0.05) is 50.7 Å². The number of amides is 1. The summed E-state index contributed by atoms with van der Waals surface area (Å²) in [5.41, 5.74) is 4.66. The average molecular weight is 430 g/mol. The summed E-state index contributed by atoms with van der Waals surface area (Å²) in [6, 6.07) is 20.6. The number of nitrogens with zero attached hydrogens (tertiary/aromatic N) is 3. The van der Waals surface area contributed by atoms with Crippen molar-refractivity contribution in [2.75, 3.05) is 33.3 Å². The highest BCUT2D eigenvalue weighted by Gasteiger charge is 2.30. The molecular weight excluding hydrogens is 398 g/mol. The smallest absolute Gasteiger partial charge is 0.227 e. The molecule has 0 N–H and O–H groups in total. The van der Waals surface area contributed by atoms with Crippen LogP contribution in [0.25, 0.3) is 11.1 Å². The summed E-state index contributed by atoms with van der Waals surface area (Å²) in [5, 5.41) is 0. The zero-order chi connectivity index (χ0) is 22.3. The zero-order valence-corrected chi connectivity index (χ0v) is 18.9. The Hall–Kier alpha value is -3.18. The van der Waals surface area contributed by atoms with E-state index in [1.165, 1.54) is 11.1 Å². The summed E-state index contributed by atoms with van der Waals surface area (Å²) >= 11 is 0. The van der Waals surface area contributed by atoms with Crippen LogP contribution in [0.2, 0.25) is 0 Å². The summed E-state index contributed by atoms with van der Waals surface area (Å²) in [4.78, 5) is 22.0. The third kappa shape index (κ3) is 5.00. The molecule has 2 heterocycles. The van der Waals surface area contributed by atoms with Crippen LogP contribution in [0.15, 0.2) is 73.1 Å². The first kappa shape index (κ1) is 22.0. The van der Waals surface area contributed by atoms with Gasteiger partial charge in [0.15, 0.2) is 0 Å². The highest BCUT2D eigenvalue weighted by Crippen LogP contribution is 2.28. The summed E-state index contributed by atoms with van der Waals surface area (Å²) in [5.74, 6) is 1.06. The SMILES string of the molecule is CCN1CCN(Cc2ccccc2OC)CC(Cc2ccccc2-c2ccncc2)C1=O. The molecule has 0 bridgehead atoms. The van der Waals surface area contributed by atoms with Gasteiger partial charge in [0.25, 0.3) is 0 Å². The van der Waals surface area contributed by atoms with Crippen molar-refractivity contribution in [1.82, 2.24) is 14.8 Å². The second-order valence-corrected chi connectivity index (χ2v) is 8.26. The Labute approximate surface area is 190 Å². The monoisotopic (exact) mass is 429 g/mol. The molecule has 1 saturated heterocycles. The van der Waals surface area contributed by atoms with Gasteiger partial charge >= 0.3 is 0 Å². The number of methoxy groups -OCH3 is 1. The Kier molecular flexibility index (Phi) is 7.17. The number of aromatic nitrogens is 1. The van der Waals surface area contributed by atoms with Gasteiger partial charge in [-0.15, -0.1) is 0 Å². The maximum absolute atomic E-state index is 13.4. The van der Waals surface area contributed by atoms with Crippen LogP contribution in [0.1, 0.15) is 18.1 Å². The van der Waals surface area contributed by atoms with Gasteiger partial charge in [-0.3, -0.25) is 14.7 Å². The lowest BCUT2D eigenvalue weighted by molar-refractivity contribution is -0.134. The van der Waals surface area contributed by atoms with Gasteiger partial charge in [-0.25, -0.2) is 0 Å². The Balaban J connectivity index is 1.60. The van der Waals surface area contributed by atoms with Crippen LogP contribution in [0, 0.1) is 5.92 Å². The first-order valence-electron chi connectivity index (χ1n) is 11.3. The van der Waals surface area contributed by atoms with E-state index in [-0.39, 0.29) is 11.8 Å². The Morgan fingerprint density at radius 3 is 2.44 bits per heavy atom. The predicted molar refractivity (Wildman–Crippen MR) is 127 cm³/mol. The predicted octanol–water partition coefficient (Wildman–Crippen LogP) is 4.28. The van der Waals surface area contributed by atoms with E-state index in [1.807, 2.05) is 47.6 Å². The maximum atomic E-state index is 13.4. The molecule has 1 aliphatic rings. The van der Waals surface area contributed by atoms with Crippen molar-refractivity contribution in [2.24, 2.45) is 5.92 Å². The van der Waals surface area contributed by atoms with Gasteiger partial charge in [-0.1, -0.05) is 42.5 Å². The molecule has 1 amide bonds. The van der Waals surface area contributed by atoms with Gasteiger partial charge in [-0.2, -0.15) is 0 Å². The summed E-state index contributed by atoms with van der Waals surface area (Å²) in [6.07, 6.45) is 4.35. The van der Waals surface area contributed by atoms with E-state index >= 15 is 0 Å². The number of carbonyl (C=O) groups excluding carboxylic acids is 1. The van der Waals surface area contributed by atoms with Crippen molar-refractivity contribution in [2.45, 2.75) is 19.9 Å². The van der Waals surface area contributed by atoms with Crippen LogP contribution in [0.4, 0.5) is 0 Å². The van der Waals surface area contributed by atoms with E-state index in [9.17, 15) is 4.79 Å². The van der Waals surface area contributed by atoms with Crippen molar-refractivity contribution in [3.8, 4) is 16.9 Å². The molecule has 0 saturated carbocycles. The Morgan fingerprint density at radius 1 is 0.969 bits per heavy atom. The molecule has 1 aliphatic heterocycles. The van der Waals surface area contributed by atoms with E-state index in [0.717, 1.165) is 56.0 Å². The number of likely N-dealkylation sites (N-methyl/N-ethyl adjacent to an activating group) is 1. The molecule has 3 aromatic rings. The van der Waals surface area contributed by atoms with Crippen LogP contribution in [-0.4, -0.2) is 54.0 Å². The highest BCUT2D eigenvalue weighted by atomic mass is 16.5. The number of para-hydroxylation sites is 1. The van der Waals surface area contributed by atoms with E-state index in [4.69, 9.17) is 4.74 Å². The fraction of sp³-hybridized carbons (Fsp3) is 0.333. The Morgan fingerprint density at radius 2 is 1.69 bits per heavy atom. The van der Waals surface area contributed by atoms with Crippen LogP contribution >= 0.6 is 0 Å². The van der Waals surface area contributed by atoms with Crippen LogP contribution < -0.4 is 4.74 Å². The summed E-state index contributed by atoms with van der Waals surface area (Å²) in [6.45, 7) is 5.93. The van der Waals surface area contributed by atoms with E-state index in [2.05, 4.69) is 47.1 Å². The van der Waals surface area contributed by atoms with Gasteiger partial charge in [0.05, 0.1) is 13.0 Å². The lowest BCUT2D eigenvalue weighted by Crippen LogP contribution is -2.37. The average Bonchev–Trinajstić information content (AvgIpc) is 2.98. The third-order valence-corrected chi connectivity index (χ3v) is 6.27. The second-order valence-electron chi connectivity index (χ2n) is 8.26. The number of benzene rings is 2. The first-order valence-corrected chi connectivity index (χ1v) is 11.3. The lowest BCUT2D eigenvalue weighted by Gasteiger charge is -2.25. The highest BCUT2D eigenvalue weighted by molar-refractivity contribution is 5.80. The van der Waals surface area contributed by atoms with Crippen molar-refractivity contribution < 1.29 is 9.53 Å². The van der Waals surface area contributed by atoms with Crippen LogP contribution in [0.3, 0.4) is 0 Å². The minimum Gasteiger partial charge on any atom is -0.496 e. The minimum atomic E-state index is -0.0878. The topological polar surface area (TPSA) is 45.7 Å². The number of carbonyl (C=O) groups is 1. The molecule has 0 radical (unpaired) electrons. The molecular formula is C27H31N3O2. The fourth-order valence-electron chi connectivity index (χ4n) is 4.57. The van der Waals surface area contributed by atoms with Crippen molar-refractivity contribution in [1.29, 1.82) is 0 Å². The number of hydrogen-bond acceptors (Lipinski definition) is 4. The van der Waals surface area contributed by atoms with E-state index in [0.29, 0.717) is 0 Å². The zero-order valence-electron chi connectivity index (χ0n) is 18.9. The van der Waals surface area contributed by atoms with E-state index in [1.54, 1.807) is 7.11 Å². The second kappa shape index (κ2) is 10.4. The van der Waals surface area contributed by atoms with Crippen molar-refractivity contribution in [3.05, 3.63) is 84.2 Å². The molecule has 1 unspecified atom stereocenters. The van der Waals surface area contributed by atoms with Crippen LogP contribution in [0.5, 0.6) is 5.75 Å². The summed E-state index contributed by atoms with van der Waals surface area (Å²) < 4.78 is 5.56. The van der Waals surface area contributed by atoms with Crippen molar-refractivity contribution in [3.63, 3.8) is 0 Å². The molecule has 32 heavy (non-hydrogen) atoms. The largest absolute Gasteiger partial charge is 0.496 e. The van der Waals surface area contributed by atoms with Gasteiger partial charge < -0.3 is 9.64 Å². The Bertz CT molecular complexity index is 1040. The van der Waals surface area contributed by atoms with Crippen LogP contribution in [-0.2, 0) is 17.8 Å². The molecule has 1 fully saturated rings. The molecule has 0 aliphatic carbocycles. The molecule has 4 rings (SSSR count). The van der Waals surface area contributed by atoms with Gasteiger partial charge in [-0.05, 0) is 48.2 Å².